The van der Waals surface area contributed by atoms with Crippen molar-refractivity contribution in [3.05, 3.63) is 54.6 Å². The molecule has 0 saturated heterocycles. The van der Waals surface area contributed by atoms with Gasteiger partial charge in [-0.15, -0.1) is 0 Å². The van der Waals surface area contributed by atoms with Gasteiger partial charge in [-0.1, -0.05) is 18.2 Å². The zero-order chi connectivity index (χ0) is 18.5. The second-order valence-electron chi connectivity index (χ2n) is 5.07. The van der Waals surface area contributed by atoms with Gasteiger partial charge in [-0.2, -0.15) is 10.2 Å². The first kappa shape index (κ1) is 20.9. The van der Waals surface area contributed by atoms with Crippen molar-refractivity contribution in [1.29, 1.82) is 0 Å². The highest BCUT2D eigenvalue weighted by atomic mass is 32.2. The van der Waals surface area contributed by atoms with Crippen molar-refractivity contribution in [2.75, 3.05) is 27.2 Å². The van der Waals surface area contributed by atoms with Gasteiger partial charge in [0, 0.05) is 6.54 Å². The van der Waals surface area contributed by atoms with Gasteiger partial charge >= 0.3 is 0 Å². The Kier molecular flexibility index (Phi) is 9.56. The molecule has 0 aliphatic carbocycles. The predicted octanol–water partition coefficient (Wildman–Crippen LogP) is 2.56. The quantitative estimate of drug-likeness (QED) is 0.519. The number of nitrogens with one attached hydrogen (secondary N) is 2. The fourth-order valence-corrected chi connectivity index (χ4v) is 2.77. The van der Waals surface area contributed by atoms with Crippen LogP contribution in [-0.4, -0.2) is 35.6 Å². The van der Waals surface area contributed by atoms with Crippen LogP contribution in [0.4, 0.5) is 11.4 Å². The van der Waals surface area contributed by atoms with Crippen molar-refractivity contribution in [3.63, 3.8) is 0 Å². The highest BCUT2D eigenvalue weighted by Crippen LogP contribution is 2.19. The molecule has 7 nitrogen and oxygen atoms in total. The summed E-state index contributed by atoms with van der Waals surface area (Å²) in [6.07, 6.45) is 0.600. The Morgan fingerprint density at radius 1 is 0.920 bits per heavy atom. The Morgan fingerprint density at radius 2 is 1.44 bits per heavy atom. The highest BCUT2D eigenvalue weighted by molar-refractivity contribution is 7.89. The van der Waals surface area contributed by atoms with E-state index in [1.54, 1.807) is 12.1 Å². The predicted molar refractivity (Wildman–Crippen MR) is 101 cm³/mol. The number of nitrogens with two attached hydrogens (primary N) is 1. The maximum Gasteiger partial charge on any atom is 0.240 e. The molecule has 0 amide bonds. The van der Waals surface area contributed by atoms with Crippen LogP contribution in [0.1, 0.15) is 6.42 Å². The van der Waals surface area contributed by atoms with Gasteiger partial charge in [0.25, 0.3) is 0 Å². The second kappa shape index (κ2) is 11.4. The lowest BCUT2D eigenvalue weighted by atomic mass is 10.3. The lowest BCUT2D eigenvalue weighted by molar-refractivity contribution is 0.579. The largest absolute Gasteiger partial charge is 0.330 e. The maximum atomic E-state index is 12.0. The summed E-state index contributed by atoms with van der Waals surface area (Å²) in [6.45, 7) is 0.773. The Bertz CT molecular complexity index is 731. The van der Waals surface area contributed by atoms with Crippen LogP contribution in [0.15, 0.2) is 69.7 Å². The molecule has 0 radical (unpaired) electrons. The molecule has 0 aliphatic rings. The van der Waals surface area contributed by atoms with E-state index in [1.165, 1.54) is 12.1 Å². The lowest BCUT2D eigenvalue weighted by Crippen LogP contribution is -2.26. The van der Waals surface area contributed by atoms with Crippen LogP contribution >= 0.6 is 0 Å². The summed E-state index contributed by atoms with van der Waals surface area (Å²) in [5.41, 5.74) is 6.67. The zero-order valence-corrected chi connectivity index (χ0v) is 15.3. The topological polar surface area (TPSA) is 109 Å². The average molecular weight is 363 g/mol. The van der Waals surface area contributed by atoms with E-state index in [0.717, 1.165) is 5.69 Å². The number of nitrogens with zero attached hydrogens (tertiary/aromatic N) is 2. The smallest absolute Gasteiger partial charge is 0.240 e. The molecular weight excluding hydrogens is 338 g/mol. The van der Waals surface area contributed by atoms with E-state index in [-0.39, 0.29) is 4.90 Å². The molecule has 0 unspecified atom stereocenters. The van der Waals surface area contributed by atoms with Crippen molar-refractivity contribution in [1.82, 2.24) is 10.0 Å². The Balaban J connectivity index is 0.000000970. The lowest BCUT2D eigenvalue weighted by Gasteiger charge is -2.05. The van der Waals surface area contributed by atoms with Gasteiger partial charge in [0.15, 0.2) is 0 Å². The van der Waals surface area contributed by atoms with E-state index in [1.807, 2.05) is 44.4 Å². The summed E-state index contributed by atoms with van der Waals surface area (Å²) in [5, 5.41) is 10.9. The Morgan fingerprint density at radius 3 is 1.96 bits per heavy atom. The SMILES string of the molecule is CNC.NCCCNS(=O)(=O)c1ccc(N=Nc2ccccc2)cc1. The zero-order valence-electron chi connectivity index (χ0n) is 14.5. The molecule has 0 saturated carbocycles. The first-order valence-corrected chi connectivity index (χ1v) is 9.37. The van der Waals surface area contributed by atoms with Crippen LogP contribution in [-0.2, 0) is 10.0 Å². The molecule has 2 rings (SSSR count). The van der Waals surface area contributed by atoms with Gasteiger partial charge in [-0.3, -0.25) is 0 Å². The first-order valence-electron chi connectivity index (χ1n) is 7.88. The molecule has 0 atom stereocenters. The molecule has 0 spiro atoms. The molecule has 4 N–H and O–H groups in total. The summed E-state index contributed by atoms with van der Waals surface area (Å²) in [6, 6.07) is 15.6. The van der Waals surface area contributed by atoms with E-state index in [4.69, 9.17) is 5.73 Å². The normalized spacial score (nSPS) is 11.2. The molecule has 2 aromatic rings. The molecular formula is C17H25N5O2S. The first-order chi connectivity index (χ1) is 12.0. The molecule has 25 heavy (non-hydrogen) atoms. The highest BCUT2D eigenvalue weighted by Gasteiger charge is 2.12. The third-order valence-electron chi connectivity index (χ3n) is 2.86. The number of hydrogen-bond acceptors (Lipinski definition) is 6. The van der Waals surface area contributed by atoms with Crippen LogP contribution in [0.25, 0.3) is 0 Å². The monoisotopic (exact) mass is 363 g/mol. The number of sulfonamides is 1. The molecule has 0 heterocycles. The van der Waals surface area contributed by atoms with Crippen LogP contribution in [0.2, 0.25) is 0 Å². The van der Waals surface area contributed by atoms with Gasteiger partial charge in [0.05, 0.1) is 16.3 Å². The van der Waals surface area contributed by atoms with E-state index in [2.05, 4.69) is 20.3 Å². The van der Waals surface area contributed by atoms with Crippen LogP contribution < -0.4 is 15.8 Å². The summed E-state index contributed by atoms with van der Waals surface area (Å²) in [7, 11) is 0.256. The van der Waals surface area contributed by atoms with Crippen LogP contribution in [0, 0.1) is 0 Å². The molecule has 0 aliphatic heterocycles. The molecule has 2 aromatic carbocycles. The number of azo groups is 1. The van der Waals surface area contributed by atoms with Crippen molar-refractivity contribution in [2.45, 2.75) is 11.3 Å². The molecule has 8 heteroatoms. The third kappa shape index (κ3) is 7.99. The Labute approximate surface area is 149 Å². The third-order valence-corrected chi connectivity index (χ3v) is 4.33. The summed E-state index contributed by atoms with van der Waals surface area (Å²) in [4.78, 5) is 0.197. The van der Waals surface area contributed by atoms with Gasteiger partial charge in [-0.25, -0.2) is 13.1 Å². The standard InChI is InChI=1S/C15H18N4O2S.C2H7N/c16-11-4-12-17-22(20,21)15-9-7-14(8-10-15)19-18-13-5-2-1-3-6-13;1-3-2/h1-3,5-10,17H,4,11-12,16H2;3H,1-2H3. The van der Waals surface area contributed by atoms with Crippen molar-refractivity contribution in [3.8, 4) is 0 Å². The maximum absolute atomic E-state index is 12.0. The van der Waals surface area contributed by atoms with Crippen molar-refractivity contribution >= 4 is 21.4 Å². The van der Waals surface area contributed by atoms with E-state index >= 15 is 0 Å². The summed E-state index contributed by atoms with van der Waals surface area (Å²) in [5.74, 6) is 0. The van der Waals surface area contributed by atoms with Gasteiger partial charge in [-0.05, 0) is 63.5 Å². The Hall–Kier alpha value is -2.13. The summed E-state index contributed by atoms with van der Waals surface area (Å²) < 4.78 is 26.5. The molecule has 0 aromatic heterocycles. The van der Waals surface area contributed by atoms with E-state index < -0.39 is 10.0 Å². The summed E-state index contributed by atoms with van der Waals surface area (Å²) >= 11 is 0. The fraction of sp³-hybridized carbons (Fsp3) is 0.294. The van der Waals surface area contributed by atoms with E-state index in [0.29, 0.717) is 25.2 Å². The van der Waals surface area contributed by atoms with Crippen molar-refractivity contribution in [2.24, 2.45) is 16.0 Å². The average Bonchev–Trinajstić information content (AvgIpc) is 2.62. The van der Waals surface area contributed by atoms with Crippen LogP contribution in [0.5, 0.6) is 0 Å². The second-order valence-corrected chi connectivity index (χ2v) is 6.84. The fourth-order valence-electron chi connectivity index (χ4n) is 1.69. The number of rotatable bonds is 7. The number of hydrogen-bond donors (Lipinski definition) is 3. The van der Waals surface area contributed by atoms with Gasteiger partial charge in [0.1, 0.15) is 0 Å². The van der Waals surface area contributed by atoms with Crippen molar-refractivity contribution < 1.29 is 8.42 Å². The minimum atomic E-state index is -3.49. The number of benzene rings is 2. The molecule has 136 valence electrons. The molecule has 0 bridgehead atoms. The van der Waals surface area contributed by atoms with Gasteiger partial charge in [0.2, 0.25) is 10.0 Å². The minimum Gasteiger partial charge on any atom is -0.330 e. The molecule has 0 fully saturated rings. The van der Waals surface area contributed by atoms with Crippen LogP contribution in [0.3, 0.4) is 0 Å². The van der Waals surface area contributed by atoms with E-state index in [9.17, 15) is 8.42 Å². The minimum absolute atomic E-state index is 0.197. The van der Waals surface area contributed by atoms with Gasteiger partial charge < -0.3 is 11.1 Å².